The Balaban J connectivity index is 1.99. The minimum atomic E-state index is -0.380. The Kier molecular flexibility index (Phi) is 7.02. The van der Waals surface area contributed by atoms with Crippen molar-refractivity contribution in [2.75, 3.05) is 6.61 Å². The molecule has 2 atom stereocenters. The molecule has 0 fully saturated rings. The molecule has 160 valence electrons. The SMILES string of the molecule is CCOC(=O)C1=C(C)N=C2SC=C(CC(=O)NC(C)CC)N2C1c1ccc(C)cc1. The molecular formula is C23H29N3O3S. The van der Waals surface area contributed by atoms with Crippen LogP contribution in [0.1, 0.15) is 57.7 Å². The molecular weight excluding hydrogens is 398 g/mol. The first-order chi connectivity index (χ1) is 14.3. The number of esters is 1. The summed E-state index contributed by atoms with van der Waals surface area (Å²) in [6, 6.07) is 7.84. The molecule has 2 aliphatic heterocycles. The Morgan fingerprint density at radius 3 is 2.57 bits per heavy atom. The van der Waals surface area contributed by atoms with Crippen molar-refractivity contribution in [3.8, 4) is 0 Å². The zero-order valence-corrected chi connectivity index (χ0v) is 19.0. The van der Waals surface area contributed by atoms with Crippen molar-refractivity contribution in [2.24, 2.45) is 4.99 Å². The van der Waals surface area contributed by atoms with Gasteiger partial charge in [-0.3, -0.25) is 4.79 Å². The fourth-order valence-electron chi connectivity index (χ4n) is 3.50. The summed E-state index contributed by atoms with van der Waals surface area (Å²) < 4.78 is 5.36. The number of thioether (sulfide) groups is 1. The van der Waals surface area contributed by atoms with Gasteiger partial charge in [0, 0.05) is 11.7 Å². The third-order valence-electron chi connectivity index (χ3n) is 5.25. The fourth-order valence-corrected chi connectivity index (χ4v) is 4.46. The number of allylic oxidation sites excluding steroid dienone is 1. The van der Waals surface area contributed by atoms with Crippen LogP contribution in [0.3, 0.4) is 0 Å². The summed E-state index contributed by atoms with van der Waals surface area (Å²) in [5, 5.41) is 5.75. The van der Waals surface area contributed by atoms with E-state index in [0.29, 0.717) is 17.9 Å². The Labute approximate surface area is 182 Å². The fraction of sp³-hybridized carbons (Fsp3) is 0.435. The van der Waals surface area contributed by atoms with Gasteiger partial charge in [-0.25, -0.2) is 9.79 Å². The molecule has 0 spiro atoms. The maximum atomic E-state index is 12.9. The molecule has 2 unspecified atom stereocenters. The lowest BCUT2D eigenvalue weighted by Gasteiger charge is -2.36. The number of aryl methyl sites for hydroxylation is 1. The molecule has 2 aliphatic rings. The molecule has 1 amide bonds. The van der Waals surface area contributed by atoms with Gasteiger partial charge in [0.2, 0.25) is 5.91 Å². The van der Waals surface area contributed by atoms with Crippen LogP contribution in [0.2, 0.25) is 0 Å². The summed E-state index contributed by atoms with van der Waals surface area (Å²) in [6.07, 6.45) is 1.10. The zero-order chi connectivity index (χ0) is 21.8. The van der Waals surface area contributed by atoms with Crippen molar-refractivity contribution in [1.29, 1.82) is 0 Å². The molecule has 1 aromatic rings. The largest absolute Gasteiger partial charge is 0.463 e. The maximum absolute atomic E-state index is 12.9. The first-order valence-corrected chi connectivity index (χ1v) is 11.2. The topological polar surface area (TPSA) is 71.0 Å². The van der Waals surface area contributed by atoms with E-state index < -0.39 is 0 Å². The molecule has 0 radical (unpaired) electrons. The van der Waals surface area contributed by atoms with Gasteiger partial charge in [-0.05, 0) is 45.1 Å². The van der Waals surface area contributed by atoms with Crippen LogP contribution in [0, 0.1) is 6.92 Å². The van der Waals surface area contributed by atoms with Crippen LogP contribution in [0.15, 0.2) is 51.6 Å². The summed E-state index contributed by atoms with van der Waals surface area (Å²) in [5.41, 5.74) is 4.10. The van der Waals surface area contributed by atoms with Crippen molar-refractivity contribution in [2.45, 2.75) is 59.5 Å². The van der Waals surface area contributed by atoms with Gasteiger partial charge < -0.3 is 15.0 Å². The van der Waals surface area contributed by atoms with Gasteiger partial charge in [0.05, 0.1) is 30.3 Å². The Hall–Kier alpha value is -2.54. The van der Waals surface area contributed by atoms with Gasteiger partial charge in [-0.1, -0.05) is 48.5 Å². The number of carbonyl (C=O) groups excluding carboxylic acids is 2. The number of amidine groups is 1. The summed E-state index contributed by atoms with van der Waals surface area (Å²) in [7, 11) is 0. The molecule has 0 aliphatic carbocycles. The summed E-state index contributed by atoms with van der Waals surface area (Å²) >= 11 is 1.48. The highest BCUT2D eigenvalue weighted by atomic mass is 32.2. The Morgan fingerprint density at radius 2 is 1.93 bits per heavy atom. The average molecular weight is 428 g/mol. The molecule has 2 heterocycles. The first kappa shape index (κ1) is 22.2. The van der Waals surface area contributed by atoms with E-state index in [1.807, 2.05) is 62.3 Å². The number of nitrogens with zero attached hydrogens (tertiary/aromatic N) is 2. The quantitative estimate of drug-likeness (QED) is 0.652. The summed E-state index contributed by atoms with van der Waals surface area (Å²) in [4.78, 5) is 32.1. The van der Waals surface area contributed by atoms with Crippen LogP contribution < -0.4 is 5.32 Å². The van der Waals surface area contributed by atoms with Crippen LogP contribution in [0.4, 0.5) is 0 Å². The van der Waals surface area contributed by atoms with Crippen molar-refractivity contribution in [3.63, 3.8) is 0 Å². The van der Waals surface area contributed by atoms with Crippen LogP contribution in [0.25, 0.3) is 0 Å². The summed E-state index contributed by atoms with van der Waals surface area (Å²) in [6.45, 7) is 9.98. The number of benzene rings is 1. The van der Waals surface area contributed by atoms with E-state index in [4.69, 9.17) is 4.74 Å². The predicted molar refractivity (Wildman–Crippen MR) is 121 cm³/mol. The number of amides is 1. The van der Waals surface area contributed by atoms with Crippen molar-refractivity contribution >= 4 is 28.8 Å². The first-order valence-electron chi connectivity index (χ1n) is 10.3. The number of hydrogen-bond donors (Lipinski definition) is 1. The third kappa shape index (κ3) is 4.61. The summed E-state index contributed by atoms with van der Waals surface area (Å²) in [5.74, 6) is -0.409. The second kappa shape index (κ2) is 9.51. The number of rotatable bonds is 7. The molecule has 0 aromatic heterocycles. The van der Waals surface area contributed by atoms with E-state index in [0.717, 1.165) is 28.4 Å². The van der Waals surface area contributed by atoms with E-state index in [2.05, 4.69) is 10.3 Å². The van der Waals surface area contributed by atoms with Gasteiger partial charge in [-0.2, -0.15) is 0 Å². The minimum absolute atomic E-state index is 0.0379. The van der Waals surface area contributed by atoms with Gasteiger partial charge in [-0.15, -0.1) is 0 Å². The van der Waals surface area contributed by atoms with Crippen molar-refractivity contribution in [1.82, 2.24) is 10.2 Å². The number of aliphatic imine (C=N–C) groups is 1. The van der Waals surface area contributed by atoms with Crippen molar-refractivity contribution in [3.05, 3.63) is 57.8 Å². The molecule has 7 heteroatoms. The molecule has 1 aromatic carbocycles. The minimum Gasteiger partial charge on any atom is -0.463 e. The monoisotopic (exact) mass is 427 g/mol. The smallest absolute Gasteiger partial charge is 0.338 e. The standard InChI is InChI=1S/C23H29N3O3S/c1-6-15(4)24-19(27)12-18-13-30-23-25-16(5)20(22(28)29-7-2)21(26(18)23)17-10-8-14(3)9-11-17/h8-11,13,15,21H,6-7,12H2,1-5H3,(H,24,27). The zero-order valence-electron chi connectivity index (χ0n) is 18.2. The van der Waals surface area contributed by atoms with E-state index in [-0.39, 0.29) is 30.4 Å². The molecule has 0 bridgehead atoms. The number of ether oxygens (including phenoxy) is 1. The van der Waals surface area contributed by atoms with E-state index in [1.165, 1.54) is 11.8 Å². The van der Waals surface area contributed by atoms with E-state index in [1.54, 1.807) is 6.92 Å². The van der Waals surface area contributed by atoms with E-state index in [9.17, 15) is 9.59 Å². The second-order valence-corrected chi connectivity index (χ2v) is 8.41. The van der Waals surface area contributed by atoms with Gasteiger partial charge in [0.25, 0.3) is 0 Å². The average Bonchev–Trinajstić information content (AvgIpc) is 3.09. The van der Waals surface area contributed by atoms with E-state index >= 15 is 0 Å². The molecule has 0 saturated carbocycles. The predicted octanol–water partition coefficient (Wildman–Crippen LogP) is 4.44. The molecule has 30 heavy (non-hydrogen) atoms. The normalized spacial score (nSPS) is 19.1. The van der Waals surface area contributed by atoms with Gasteiger partial charge >= 0.3 is 5.97 Å². The molecule has 3 rings (SSSR count). The highest BCUT2D eigenvalue weighted by Gasteiger charge is 2.41. The maximum Gasteiger partial charge on any atom is 0.338 e. The van der Waals surface area contributed by atoms with Crippen LogP contribution in [-0.2, 0) is 14.3 Å². The molecule has 0 saturated heterocycles. The number of hydrogen-bond acceptors (Lipinski definition) is 6. The van der Waals surface area contributed by atoms with Crippen LogP contribution in [0.5, 0.6) is 0 Å². The highest BCUT2D eigenvalue weighted by molar-refractivity contribution is 8.16. The number of nitrogens with one attached hydrogen (secondary N) is 1. The van der Waals surface area contributed by atoms with Crippen molar-refractivity contribution < 1.29 is 14.3 Å². The van der Waals surface area contributed by atoms with Gasteiger partial charge in [0.15, 0.2) is 5.17 Å². The van der Waals surface area contributed by atoms with Gasteiger partial charge in [0.1, 0.15) is 0 Å². The third-order valence-corrected chi connectivity index (χ3v) is 6.14. The molecule has 6 nitrogen and oxygen atoms in total. The van der Waals surface area contributed by atoms with Crippen LogP contribution in [-0.4, -0.2) is 34.6 Å². The number of carbonyl (C=O) groups is 2. The lowest BCUT2D eigenvalue weighted by atomic mass is 9.93. The second-order valence-electron chi connectivity index (χ2n) is 7.58. The molecule has 1 N–H and O–H groups in total. The Bertz CT molecular complexity index is 918. The highest BCUT2D eigenvalue weighted by Crippen LogP contribution is 2.44. The lowest BCUT2D eigenvalue weighted by Crippen LogP contribution is -2.39. The Morgan fingerprint density at radius 1 is 1.23 bits per heavy atom. The number of fused-ring (bicyclic) bond motifs is 1. The van der Waals surface area contributed by atoms with Crippen LogP contribution >= 0.6 is 11.8 Å². The lowest BCUT2D eigenvalue weighted by molar-refractivity contribution is -0.139.